The summed E-state index contributed by atoms with van der Waals surface area (Å²) >= 11 is 0. The fourth-order valence-corrected chi connectivity index (χ4v) is 1.81. The first-order valence-electron chi connectivity index (χ1n) is 6.23. The van der Waals surface area contributed by atoms with Gasteiger partial charge in [0.1, 0.15) is 5.60 Å². The third kappa shape index (κ3) is 4.88. The molecule has 0 N–H and O–H groups in total. The Bertz CT molecular complexity index is 379. The Balaban J connectivity index is 2.74. The molecule has 0 fully saturated rings. The summed E-state index contributed by atoms with van der Waals surface area (Å²) in [5.41, 5.74) is 0.707. The van der Waals surface area contributed by atoms with E-state index in [-0.39, 0.29) is 12.0 Å². The topological polar surface area (TPSA) is 29.5 Å². The first-order valence-corrected chi connectivity index (χ1v) is 6.23. The number of rotatable bonds is 4. The van der Waals surface area contributed by atoms with Crippen LogP contribution in [-0.4, -0.2) is 30.6 Å². The third-order valence-electron chi connectivity index (χ3n) is 2.59. The van der Waals surface area contributed by atoms with Gasteiger partial charge in [-0.15, -0.1) is 0 Å². The minimum absolute atomic E-state index is 0.0565. The Hall–Kier alpha value is -1.35. The van der Waals surface area contributed by atoms with Crippen molar-refractivity contribution in [2.75, 3.05) is 14.1 Å². The van der Waals surface area contributed by atoms with E-state index in [1.807, 2.05) is 70.1 Å². The minimum Gasteiger partial charge on any atom is -0.460 e. The monoisotopic (exact) mass is 249 g/mol. The second-order valence-corrected chi connectivity index (χ2v) is 5.68. The van der Waals surface area contributed by atoms with Crippen molar-refractivity contribution in [3.05, 3.63) is 35.9 Å². The van der Waals surface area contributed by atoms with Crippen molar-refractivity contribution in [1.29, 1.82) is 0 Å². The maximum Gasteiger partial charge on any atom is 0.308 e. The van der Waals surface area contributed by atoms with Gasteiger partial charge >= 0.3 is 5.97 Å². The number of benzene rings is 1. The van der Waals surface area contributed by atoms with E-state index in [2.05, 4.69) is 0 Å². The molecule has 3 heteroatoms. The molecule has 1 atom stereocenters. The van der Waals surface area contributed by atoms with Crippen molar-refractivity contribution in [2.24, 2.45) is 0 Å². The van der Waals surface area contributed by atoms with Gasteiger partial charge in [-0.3, -0.25) is 4.79 Å². The van der Waals surface area contributed by atoms with Gasteiger partial charge in [-0.2, -0.15) is 0 Å². The van der Waals surface area contributed by atoms with Gasteiger partial charge in [0, 0.05) is 6.04 Å². The molecule has 0 aliphatic heterocycles. The van der Waals surface area contributed by atoms with E-state index in [1.54, 1.807) is 0 Å². The minimum atomic E-state index is -0.426. The molecule has 0 saturated heterocycles. The van der Waals surface area contributed by atoms with Gasteiger partial charge in [-0.25, -0.2) is 0 Å². The lowest BCUT2D eigenvalue weighted by Gasteiger charge is -2.26. The normalized spacial score (nSPS) is 13.4. The average molecular weight is 249 g/mol. The molecule has 1 unspecified atom stereocenters. The predicted molar refractivity (Wildman–Crippen MR) is 73.3 cm³/mol. The van der Waals surface area contributed by atoms with Crippen LogP contribution in [0.15, 0.2) is 30.3 Å². The lowest BCUT2D eigenvalue weighted by molar-refractivity contribution is -0.156. The molecule has 0 amide bonds. The van der Waals surface area contributed by atoms with Crippen molar-refractivity contribution >= 4 is 5.97 Å². The standard InChI is InChI=1S/C15H23NO2/c1-15(2,3)18-14(17)11-13(16(4)5)12-9-7-6-8-10-12/h6-10,13H,11H2,1-5H3. The van der Waals surface area contributed by atoms with E-state index in [0.717, 1.165) is 5.56 Å². The van der Waals surface area contributed by atoms with Gasteiger partial charge in [0.15, 0.2) is 0 Å². The van der Waals surface area contributed by atoms with Crippen LogP contribution in [-0.2, 0) is 9.53 Å². The Morgan fingerprint density at radius 1 is 1.22 bits per heavy atom. The second-order valence-electron chi connectivity index (χ2n) is 5.68. The maximum atomic E-state index is 11.9. The molecule has 0 aliphatic carbocycles. The summed E-state index contributed by atoms with van der Waals surface area (Å²) in [6, 6.07) is 10.1. The summed E-state index contributed by atoms with van der Waals surface area (Å²) < 4.78 is 5.37. The zero-order chi connectivity index (χ0) is 13.8. The van der Waals surface area contributed by atoms with E-state index in [4.69, 9.17) is 4.74 Å². The van der Waals surface area contributed by atoms with Crippen molar-refractivity contribution in [3.63, 3.8) is 0 Å². The molecule has 0 saturated carbocycles. The molecule has 3 nitrogen and oxygen atoms in total. The average Bonchev–Trinajstić information content (AvgIpc) is 2.24. The SMILES string of the molecule is CN(C)C(CC(=O)OC(C)(C)C)c1ccccc1. The second kappa shape index (κ2) is 6.01. The highest BCUT2D eigenvalue weighted by atomic mass is 16.6. The molecule has 0 bridgehead atoms. The molecule has 1 aromatic carbocycles. The summed E-state index contributed by atoms with van der Waals surface area (Å²) in [5.74, 6) is -0.162. The molecule has 0 aromatic heterocycles. The smallest absolute Gasteiger partial charge is 0.308 e. The molecule has 0 heterocycles. The van der Waals surface area contributed by atoms with Crippen molar-refractivity contribution in [1.82, 2.24) is 4.90 Å². The Morgan fingerprint density at radius 3 is 2.22 bits per heavy atom. The zero-order valence-electron chi connectivity index (χ0n) is 11.9. The van der Waals surface area contributed by atoms with Crippen molar-refractivity contribution < 1.29 is 9.53 Å². The molecular formula is C15H23NO2. The van der Waals surface area contributed by atoms with E-state index in [1.165, 1.54) is 0 Å². The number of nitrogens with zero attached hydrogens (tertiary/aromatic N) is 1. The molecule has 0 radical (unpaired) electrons. The largest absolute Gasteiger partial charge is 0.460 e. The number of carbonyl (C=O) groups excluding carboxylic acids is 1. The summed E-state index contributed by atoms with van der Waals surface area (Å²) in [6.45, 7) is 5.66. The molecular weight excluding hydrogens is 226 g/mol. The number of hydrogen-bond donors (Lipinski definition) is 0. The van der Waals surface area contributed by atoms with Gasteiger partial charge in [0.2, 0.25) is 0 Å². The molecule has 100 valence electrons. The molecule has 0 aliphatic rings. The van der Waals surface area contributed by atoms with Crippen LogP contribution >= 0.6 is 0 Å². The van der Waals surface area contributed by atoms with Gasteiger partial charge in [0.25, 0.3) is 0 Å². The number of hydrogen-bond acceptors (Lipinski definition) is 3. The van der Waals surface area contributed by atoms with Gasteiger partial charge < -0.3 is 9.64 Å². The molecule has 18 heavy (non-hydrogen) atoms. The third-order valence-corrected chi connectivity index (χ3v) is 2.59. The highest BCUT2D eigenvalue weighted by molar-refractivity contribution is 5.71. The summed E-state index contributed by atoms with van der Waals surface area (Å²) in [7, 11) is 3.95. The molecule has 0 spiro atoms. The van der Waals surface area contributed by atoms with Crippen molar-refractivity contribution in [2.45, 2.75) is 38.8 Å². The number of ether oxygens (including phenoxy) is 1. The fourth-order valence-electron chi connectivity index (χ4n) is 1.81. The predicted octanol–water partition coefficient (Wildman–Crippen LogP) is 3.02. The highest BCUT2D eigenvalue weighted by Crippen LogP contribution is 2.23. The lowest BCUT2D eigenvalue weighted by Crippen LogP contribution is -2.28. The van der Waals surface area contributed by atoms with Crippen LogP contribution < -0.4 is 0 Å². The van der Waals surface area contributed by atoms with Crippen LogP contribution in [0.3, 0.4) is 0 Å². The summed E-state index contributed by atoms with van der Waals surface area (Å²) in [4.78, 5) is 13.9. The maximum absolute atomic E-state index is 11.9. The van der Waals surface area contributed by atoms with Crippen LogP contribution in [0.4, 0.5) is 0 Å². The van der Waals surface area contributed by atoms with E-state index in [9.17, 15) is 4.79 Å². The first kappa shape index (κ1) is 14.7. The van der Waals surface area contributed by atoms with Gasteiger partial charge in [0.05, 0.1) is 6.42 Å². The fraction of sp³-hybridized carbons (Fsp3) is 0.533. The molecule has 1 aromatic rings. The Kier molecular flexibility index (Phi) is 4.91. The zero-order valence-corrected chi connectivity index (χ0v) is 11.9. The van der Waals surface area contributed by atoms with Crippen LogP contribution in [0.2, 0.25) is 0 Å². The summed E-state index contributed by atoms with van der Waals surface area (Å²) in [6.07, 6.45) is 0.369. The van der Waals surface area contributed by atoms with E-state index >= 15 is 0 Å². The lowest BCUT2D eigenvalue weighted by atomic mass is 10.0. The highest BCUT2D eigenvalue weighted by Gasteiger charge is 2.22. The molecule has 1 rings (SSSR count). The quantitative estimate of drug-likeness (QED) is 0.768. The first-order chi connectivity index (χ1) is 8.29. The Morgan fingerprint density at radius 2 is 1.78 bits per heavy atom. The Labute approximate surface area is 110 Å². The van der Waals surface area contributed by atoms with Crippen LogP contribution in [0, 0.1) is 0 Å². The summed E-state index contributed by atoms with van der Waals surface area (Å²) in [5, 5.41) is 0. The van der Waals surface area contributed by atoms with E-state index in [0.29, 0.717) is 6.42 Å². The number of esters is 1. The number of carbonyl (C=O) groups is 1. The van der Waals surface area contributed by atoms with Crippen LogP contribution in [0.25, 0.3) is 0 Å². The van der Waals surface area contributed by atoms with Crippen LogP contribution in [0.5, 0.6) is 0 Å². The van der Waals surface area contributed by atoms with Gasteiger partial charge in [-0.05, 0) is 40.4 Å². The van der Waals surface area contributed by atoms with E-state index < -0.39 is 5.60 Å². The van der Waals surface area contributed by atoms with Gasteiger partial charge in [-0.1, -0.05) is 30.3 Å². The van der Waals surface area contributed by atoms with Crippen LogP contribution in [0.1, 0.15) is 38.8 Å². The van der Waals surface area contributed by atoms with Crippen molar-refractivity contribution in [3.8, 4) is 0 Å².